The van der Waals surface area contributed by atoms with Gasteiger partial charge in [0.15, 0.2) is 11.1 Å². The minimum atomic E-state index is -1.49. The molecule has 2 atom stereocenters. The van der Waals surface area contributed by atoms with Crippen molar-refractivity contribution >= 4 is 67.2 Å². The van der Waals surface area contributed by atoms with Gasteiger partial charge in [-0.1, -0.05) is 56.1 Å². The minimum absolute atomic E-state index is 0.243. The van der Waals surface area contributed by atoms with Gasteiger partial charge in [0.2, 0.25) is 0 Å². The summed E-state index contributed by atoms with van der Waals surface area (Å²) in [7, 11) is 4.41. The van der Waals surface area contributed by atoms with Gasteiger partial charge in [0.25, 0.3) is 0 Å². The fourth-order valence-electron chi connectivity index (χ4n) is 6.45. The lowest BCUT2D eigenvalue weighted by atomic mass is 9.90. The highest BCUT2D eigenvalue weighted by atomic mass is 79.9. The van der Waals surface area contributed by atoms with Crippen LogP contribution in [0.25, 0.3) is 0 Å². The van der Waals surface area contributed by atoms with Crippen LogP contribution in [0.1, 0.15) is 25.0 Å². The van der Waals surface area contributed by atoms with Gasteiger partial charge in [-0.2, -0.15) is 0 Å². The number of halogens is 2. The molecule has 2 unspecified atom stereocenters. The summed E-state index contributed by atoms with van der Waals surface area (Å²) in [5.74, 6) is -0.427. The van der Waals surface area contributed by atoms with Crippen molar-refractivity contribution in [2.75, 3.05) is 57.3 Å². The molecule has 53 heavy (non-hydrogen) atoms. The Hall–Kier alpha value is -5.08. The Labute approximate surface area is 325 Å². The number of ether oxygens (including phenoxy) is 3. The fourth-order valence-corrected chi connectivity index (χ4v) is 6.98. The fraction of sp³-hybridized carbons (Fsp3) is 0.282. The van der Waals surface area contributed by atoms with Crippen LogP contribution in [0.2, 0.25) is 0 Å². The van der Waals surface area contributed by atoms with Gasteiger partial charge in [0.05, 0.1) is 21.3 Å². The van der Waals surface area contributed by atoms with Crippen LogP contribution < -0.4 is 19.3 Å². The van der Waals surface area contributed by atoms with Gasteiger partial charge in [-0.15, -0.1) is 0 Å². The van der Waals surface area contributed by atoms with E-state index in [-0.39, 0.29) is 12.1 Å². The van der Waals surface area contributed by atoms with E-state index in [1.54, 1.807) is 84.2 Å². The predicted octanol–water partition coefficient (Wildman–Crippen LogP) is 7.49. The van der Waals surface area contributed by atoms with Crippen LogP contribution in [-0.2, 0) is 25.4 Å². The van der Waals surface area contributed by atoms with Gasteiger partial charge in [-0.3, -0.25) is 9.80 Å². The third-order valence-corrected chi connectivity index (χ3v) is 10.7. The normalized spacial score (nSPS) is 16.4. The van der Waals surface area contributed by atoms with Crippen molar-refractivity contribution in [1.29, 1.82) is 0 Å². The molecule has 6 rings (SSSR count). The van der Waals surface area contributed by atoms with E-state index in [1.807, 2.05) is 48.5 Å². The number of benzene rings is 4. The first-order valence-corrected chi connectivity index (χ1v) is 18.2. The summed E-state index contributed by atoms with van der Waals surface area (Å²) in [5, 5.41) is 9.96. The molecule has 2 heterocycles. The van der Waals surface area contributed by atoms with Gasteiger partial charge in [-0.05, 0) is 97.8 Å². The van der Waals surface area contributed by atoms with Gasteiger partial charge < -0.3 is 29.1 Å². The second-order valence-electron chi connectivity index (χ2n) is 12.5. The van der Waals surface area contributed by atoms with Crippen LogP contribution >= 0.6 is 31.9 Å². The van der Waals surface area contributed by atoms with E-state index in [1.165, 1.54) is 19.1 Å². The molecule has 2 fully saturated rings. The summed E-state index contributed by atoms with van der Waals surface area (Å²) in [6.07, 6.45) is 0. The molecule has 12 nitrogen and oxygen atoms in total. The number of urea groups is 2. The number of hydrogen-bond donors (Lipinski definition) is 1. The Bertz CT molecular complexity index is 1980. The van der Waals surface area contributed by atoms with E-state index < -0.39 is 23.0 Å². The SMILES string of the molecule is COC(=O)C(C)(c1cccc(OC)c1)N1CCN(c2ccc(Br)cc2)C1=O.COc1cccc(C(C)(C(=O)O)N2CCN(c3ccc(Br)cc3)C2=O)c1. The molecule has 2 aliphatic heterocycles. The lowest BCUT2D eigenvalue weighted by Crippen LogP contribution is -2.52. The highest BCUT2D eigenvalue weighted by Gasteiger charge is 2.50. The largest absolute Gasteiger partial charge is 0.497 e. The Morgan fingerprint density at radius 3 is 1.40 bits per heavy atom. The molecule has 4 amide bonds. The van der Waals surface area contributed by atoms with Crippen molar-refractivity contribution in [3.05, 3.63) is 117 Å². The number of methoxy groups -OCH3 is 3. The van der Waals surface area contributed by atoms with E-state index in [9.17, 15) is 24.3 Å². The zero-order valence-electron chi connectivity index (χ0n) is 29.9. The third-order valence-electron chi connectivity index (χ3n) is 9.64. The molecule has 0 saturated carbocycles. The van der Waals surface area contributed by atoms with Gasteiger partial charge >= 0.3 is 24.0 Å². The number of hydrogen-bond acceptors (Lipinski definition) is 7. The first-order chi connectivity index (χ1) is 25.3. The maximum atomic E-state index is 13.2. The minimum Gasteiger partial charge on any atom is -0.497 e. The highest BCUT2D eigenvalue weighted by Crippen LogP contribution is 2.37. The summed E-state index contributed by atoms with van der Waals surface area (Å²) in [6, 6.07) is 28.2. The number of rotatable bonds is 10. The molecule has 0 bridgehead atoms. The molecule has 0 aromatic heterocycles. The maximum absolute atomic E-state index is 13.2. The number of nitrogens with zero attached hydrogens (tertiary/aromatic N) is 4. The third kappa shape index (κ3) is 7.70. The van der Waals surface area contributed by atoms with Crippen molar-refractivity contribution < 1.29 is 38.5 Å². The monoisotopic (exact) mass is 850 g/mol. The first kappa shape index (κ1) is 39.1. The number of carbonyl (C=O) groups excluding carboxylic acids is 3. The molecule has 0 spiro atoms. The van der Waals surface area contributed by atoms with Crippen molar-refractivity contribution in [2.24, 2.45) is 0 Å². The van der Waals surface area contributed by atoms with Crippen LogP contribution in [0.4, 0.5) is 21.0 Å². The Morgan fingerprint density at radius 2 is 1.02 bits per heavy atom. The molecule has 1 N–H and O–H groups in total. The molecular formula is C39H40Br2N4O8. The Morgan fingerprint density at radius 1 is 0.623 bits per heavy atom. The van der Waals surface area contributed by atoms with Crippen molar-refractivity contribution in [1.82, 2.24) is 9.80 Å². The van der Waals surface area contributed by atoms with Crippen LogP contribution in [0.15, 0.2) is 106 Å². The van der Waals surface area contributed by atoms with E-state index in [0.29, 0.717) is 48.8 Å². The van der Waals surface area contributed by atoms with Crippen LogP contribution in [0.5, 0.6) is 11.5 Å². The second kappa shape index (κ2) is 16.3. The van der Waals surface area contributed by atoms with E-state index >= 15 is 0 Å². The number of anilines is 2. The molecule has 278 valence electrons. The highest BCUT2D eigenvalue weighted by molar-refractivity contribution is 9.10. The topological polar surface area (TPSA) is 129 Å². The van der Waals surface area contributed by atoms with Crippen molar-refractivity contribution in [3.63, 3.8) is 0 Å². The number of carbonyl (C=O) groups is 4. The average molecular weight is 853 g/mol. The lowest BCUT2D eigenvalue weighted by Gasteiger charge is -2.36. The average Bonchev–Trinajstić information content (AvgIpc) is 3.77. The zero-order valence-corrected chi connectivity index (χ0v) is 33.1. The molecule has 0 aliphatic carbocycles. The lowest BCUT2D eigenvalue weighted by molar-refractivity contribution is -0.152. The summed E-state index contributed by atoms with van der Waals surface area (Å²) < 4.78 is 17.4. The number of esters is 1. The molecule has 2 saturated heterocycles. The summed E-state index contributed by atoms with van der Waals surface area (Å²) in [4.78, 5) is 57.4. The van der Waals surface area contributed by atoms with Crippen LogP contribution in [-0.4, -0.2) is 86.4 Å². The summed E-state index contributed by atoms with van der Waals surface area (Å²) in [6.45, 7) is 4.88. The zero-order chi connectivity index (χ0) is 38.5. The quantitative estimate of drug-likeness (QED) is 0.163. The van der Waals surface area contributed by atoms with Gasteiger partial charge in [-0.25, -0.2) is 19.2 Å². The van der Waals surface area contributed by atoms with Crippen LogP contribution in [0.3, 0.4) is 0 Å². The molecular weight excluding hydrogens is 812 g/mol. The second-order valence-corrected chi connectivity index (χ2v) is 14.4. The molecule has 4 aromatic rings. The van der Waals surface area contributed by atoms with Crippen molar-refractivity contribution in [3.8, 4) is 11.5 Å². The molecule has 4 aromatic carbocycles. The predicted molar refractivity (Wildman–Crippen MR) is 208 cm³/mol. The Balaban J connectivity index is 0.000000204. The number of amides is 4. The standard InChI is InChI=1S/C20H21BrN2O4.C19H19BrN2O4/c1-20(18(24)27-3,14-5-4-6-17(13-14)26-2)23-12-11-22(19(23)25)16-9-7-15(21)8-10-16;1-19(17(23)24,13-4-3-5-16(12-13)26-2)22-11-10-21(18(22)25)15-8-6-14(20)7-9-15/h4-10,13H,11-12H2,1-3H3;3-9,12H,10-11H2,1-2H3,(H,23,24). The van der Waals surface area contributed by atoms with Crippen molar-refractivity contribution in [2.45, 2.75) is 24.9 Å². The molecule has 0 radical (unpaired) electrons. The van der Waals surface area contributed by atoms with Crippen LogP contribution in [0, 0.1) is 0 Å². The van der Waals surface area contributed by atoms with E-state index in [4.69, 9.17) is 14.2 Å². The van der Waals surface area contributed by atoms with E-state index in [0.717, 1.165) is 20.3 Å². The van der Waals surface area contributed by atoms with Gasteiger partial charge in [0.1, 0.15) is 11.5 Å². The summed E-state index contributed by atoms with van der Waals surface area (Å²) >= 11 is 6.77. The number of carboxylic acid groups (broad SMARTS) is 1. The Kier molecular flexibility index (Phi) is 12.0. The smallest absolute Gasteiger partial charge is 0.336 e. The molecule has 2 aliphatic rings. The first-order valence-electron chi connectivity index (χ1n) is 16.6. The number of carboxylic acids is 1. The maximum Gasteiger partial charge on any atom is 0.336 e. The summed E-state index contributed by atoms with van der Waals surface area (Å²) in [5.41, 5.74) is -0.0991. The van der Waals surface area contributed by atoms with Gasteiger partial charge in [0, 0.05) is 46.5 Å². The molecule has 14 heteroatoms. The number of aliphatic carboxylic acids is 1. The van der Waals surface area contributed by atoms with E-state index in [2.05, 4.69) is 31.9 Å².